The van der Waals surface area contributed by atoms with E-state index < -0.39 is 0 Å². The minimum Gasteiger partial charge on any atom is -0.321 e. The zero-order chi connectivity index (χ0) is 10.7. The van der Waals surface area contributed by atoms with Crippen LogP contribution in [0.4, 0.5) is 0 Å². The molecule has 0 spiro atoms. The van der Waals surface area contributed by atoms with E-state index in [9.17, 15) is 0 Å². The van der Waals surface area contributed by atoms with Crippen molar-refractivity contribution < 1.29 is 0 Å². The molecule has 0 radical (unpaired) electrons. The van der Waals surface area contributed by atoms with Crippen LogP contribution >= 0.6 is 0 Å². The molecule has 0 fully saturated rings. The first-order chi connectivity index (χ1) is 6.56. The van der Waals surface area contributed by atoms with Crippen molar-refractivity contribution in [3.8, 4) is 0 Å². The van der Waals surface area contributed by atoms with Crippen LogP contribution in [0.5, 0.6) is 0 Å². The summed E-state index contributed by atoms with van der Waals surface area (Å²) in [4.78, 5) is 0. The third-order valence-corrected chi connectivity index (χ3v) is 2.34. The Morgan fingerprint density at radius 2 is 2.00 bits per heavy atom. The number of hydrogen-bond donors (Lipinski definition) is 1. The summed E-state index contributed by atoms with van der Waals surface area (Å²) < 4.78 is 2.08. The summed E-state index contributed by atoms with van der Waals surface area (Å²) in [6.07, 6.45) is 0.956. The van der Waals surface area contributed by atoms with Crippen molar-refractivity contribution in [2.24, 2.45) is 11.7 Å². The number of nitrogens with two attached hydrogens (primary N) is 1. The van der Waals surface area contributed by atoms with Crippen molar-refractivity contribution in [2.45, 2.75) is 46.7 Å². The fourth-order valence-corrected chi connectivity index (χ4v) is 1.68. The lowest BCUT2D eigenvalue weighted by Gasteiger charge is -2.14. The maximum Gasteiger partial charge on any atom is 0.149 e. The summed E-state index contributed by atoms with van der Waals surface area (Å²) in [5, 5.41) is 8.18. The Hall–Kier alpha value is -0.900. The van der Waals surface area contributed by atoms with Gasteiger partial charge < -0.3 is 10.3 Å². The average molecular weight is 196 g/mol. The van der Waals surface area contributed by atoms with Gasteiger partial charge in [0, 0.05) is 6.54 Å². The van der Waals surface area contributed by atoms with Crippen molar-refractivity contribution >= 4 is 0 Å². The van der Waals surface area contributed by atoms with E-state index in [0.29, 0.717) is 5.92 Å². The maximum absolute atomic E-state index is 6.06. The van der Waals surface area contributed by atoms with Gasteiger partial charge >= 0.3 is 0 Å². The van der Waals surface area contributed by atoms with Crippen molar-refractivity contribution in [1.29, 1.82) is 0 Å². The quantitative estimate of drug-likeness (QED) is 0.796. The molecule has 0 bridgehead atoms. The van der Waals surface area contributed by atoms with E-state index in [4.69, 9.17) is 5.73 Å². The van der Waals surface area contributed by atoms with Crippen LogP contribution in [0.15, 0.2) is 0 Å². The highest BCUT2D eigenvalue weighted by atomic mass is 15.3. The van der Waals surface area contributed by atoms with Crippen LogP contribution in [0.25, 0.3) is 0 Å². The summed E-state index contributed by atoms with van der Waals surface area (Å²) in [7, 11) is 0. The predicted molar refractivity (Wildman–Crippen MR) is 56.8 cm³/mol. The van der Waals surface area contributed by atoms with E-state index in [0.717, 1.165) is 24.6 Å². The first kappa shape index (κ1) is 11.2. The van der Waals surface area contributed by atoms with Crippen molar-refractivity contribution in [3.05, 3.63) is 11.6 Å². The van der Waals surface area contributed by atoms with Crippen LogP contribution in [-0.2, 0) is 6.54 Å². The highest BCUT2D eigenvalue weighted by molar-refractivity contribution is 4.99. The Morgan fingerprint density at radius 3 is 2.50 bits per heavy atom. The minimum absolute atomic E-state index is 0.0103. The van der Waals surface area contributed by atoms with E-state index >= 15 is 0 Å². The molecule has 1 aromatic rings. The second-order valence-corrected chi connectivity index (χ2v) is 4.09. The van der Waals surface area contributed by atoms with E-state index in [1.165, 1.54) is 0 Å². The van der Waals surface area contributed by atoms with Crippen LogP contribution in [0.3, 0.4) is 0 Å². The Morgan fingerprint density at radius 1 is 1.36 bits per heavy atom. The van der Waals surface area contributed by atoms with Crippen molar-refractivity contribution in [3.63, 3.8) is 0 Å². The number of hydrogen-bond acceptors (Lipinski definition) is 3. The Kier molecular flexibility index (Phi) is 3.63. The summed E-state index contributed by atoms with van der Waals surface area (Å²) in [5.41, 5.74) is 6.06. The van der Waals surface area contributed by atoms with Gasteiger partial charge in [0.15, 0.2) is 0 Å². The standard InChI is InChI=1S/C10H20N4/c1-5-14-8(4)12-13-10(14)9(11)6-7(2)3/h7,9H,5-6,11H2,1-4H3. The fourth-order valence-electron chi connectivity index (χ4n) is 1.68. The van der Waals surface area contributed by atoms with Crippen LogP contribution in [0.1, 0.15) is 44.9 Å². The number of aromatic nitrogens is 3. The third-order valence-electron chi connectivity index (χ3n) is 2.34. The van der Waals surface area contributed by atoms with Gasteiger partial charge in [0.05, 0.1) is 6.04 Å². The normalized spacial score (nSPS) is 13.6. The summed E-state index contributed by atoms with van der Waals surface area (Å²) in [6, 6.07) is 0.0103. The van der Waals surface area contributed by atoms with Gasteiger partial charge in [-0.05, 0) is 26.2 Å². The van der Waals surface area contributed by atoms with Crippen molar-refractivity contribution in [1.82, 2.24) is 14.8 Å². The molecular formula is C10H20N4. The molecule has 1 aromatic heterocycles. The zero-order valence-corrected chi connectivity index (χ0v) is 9.49. The Bertz CT molecular complexity index is 290. The van der Waals surface area contributed by atoms with Crippen LogP contribution in [0, 0.1) is 12.8 Å². The first-order valence-electron chi connectivity index (χ1n) is 5.21. The molecule has 0 aliphatic heterocycles. The molecule has 0 aliphatic rings. The molecule has 1 unspecified atom stereocenters. The highest BCUT2D eigenvalue weighted by Crippen LogP contribution is 2.17. The van der Waals surface area contributed by atoms with Crippen LogP contribution in [-0.4, -0.2) is 14.8 Å². The highest BCUT2D eigenvalue weighted by Gasteiger charge is 2.16. The topological polar surface area (TPSA) is 56.7 Å². The third kappa shape index (κ3) is 2.32. The van der Waals surface area contributed by atoms with E-state index in [-0.39, 0.29) is 6.04 Å². The molecule has 0 saturated heterocycles. The lowest BCUT2D eigenvalue weighted by atomic mass is 10.0. The minimum atomic E-state index is 0.0103. The van der Waals surface area contributed by atoms with Gasteiger partial charge in [0.2, 0.25) is 0 Å². The lowest BCUT2D eigenvalue weighted by molar-refractivity contribution is 0.475. The number of aryl methyl sites for hydroxylation is 1. The molecule has 0 aliphatic carbocycles. The monoisotopic (exact) mass is 196 g/mol. The molecule has 14 heavy (non-hydrogen) atoms. The number of rotatable bonds is 4. The molecule has 80 valence electrons. The second kappa shape index (κ2) is 4.55. The fraction of sp³-hybridized carbons (Fsp3) is 0.800. The van der Waals surface area contributed by atoms with Crippen LogP contribution in [0.2, 0.25) is 0 Å². The van der Waals surface area contributed by atoms with Gasteiger partial charge in [-0.15, -0.1) is 10.2 Å². The molecule has 0 saturated carbocycles. The first-order valence-corrected chi connectivity index (χ1v) is 5.21. The van der Waals surface area contributed by atoms with Gasteiger partial charge in [-0.2, -0.15) is 0 Å². The van der Waals surface area contributed by atoms with E-state index in [1.807, 2.05) is 6.92 Å². The summed E-state index contributed by atoms with van der Waals surface area (Å²) >= 11 is 0. The maximum atomic E-state index is 6.06. The molecular weight excluding hydrogens is 176 g/mol. The van der Waals surface area contributed by atoms with Gasteiger partial charge in [-0.3, -0.25) is 0 Å². The predicted octanol–water partition coefficient (Wildman–Crippen LogP) is 1.65. The summed E-state index contributed by atoms with van der Waals surface area (Å²) in [6.45, 7) is 9.27. The van der Waals surface area contributed by atoms with Gasteiger partial charge in [-0.25, -0.2) is 0 Å². The van der Waals surface area contributed by atoms with Gasteiger partial charge in [0.1, 0.15) is 11.6 Å². The Labute approximate surface area is 85.5 Å². The van der Waals surface area contributed by atoms with Crippen molar-refractivity contribution in [2.75, 3.05) is 0 Å². The zero-order valence-electron chi connectivity index (χ0n) is 9.49. The molecule has 1 atom stereocenters. The SMILES string of the molecule is CCn1c(C)nnc1C(N)CC(C)C. The lowest BCUT2D eigenvalue weighted by Crippen LogP contribution is -2.18. The van der Waals surface area contributed by atoms with Gasteiger partial charge in [-0.1, -0.05) is 13.8 Å². The molecule has 1 rings (SSSR count). The molecule has 0 amide bonds. The molecule has 4 nitrogen and oxygen atoms in total. The summed E-state index contributed by atoms with van der Waals surface area (Å²) in [5.74, 6) is 2.45. The second-order valence-electron chi connectivity index (χ2n) is 4.09. The van der Waals surface area contributed by atoms with Crippen LogP contribution < -0.4 is 5.73 Å². The molecule has 4 heteroatoms. The van der Waals surface area contributed by atoms with Gasteiger partial charge in [0.25, 0.3) is 0 Å². The smallest absolute Gasteiger partial charge is 0.149 e. The average Bonchev–Trinajstić information content (AvgIpc) is 2.45. The Balaban J connectivity index is 2.83. The van der Waals surface area contributed by atoms with E-state index in [1.54, 1.807) is 0 Å². The molecule has 2 N–H and O–H groups in total. The molecule has 1 heterocycles. The molecule has 0 aromatic carbocycles. The number of nitrogens with zero attached hydrogens (tertiary/aromatic N) is 3. The van der Waals surface area contributed by atoms with E-state index in [2.05, 4.69) is 35.5 Å². The largest absolute Gasteiger partial charge is 0.321 e.